The van der Waals surface area contributed by atoms with Crippen LogP contribution < -0.4 is 10.1 Å². The molecule has 0 aromatic heterocycles. The summed E-state index contributed by atoms with van der Waals surface area (Å²) in [5.74, 6) is -1.61. The molecular weight excluding hydrogens is 293 g/mol. The summed E-state index contributed by atoms with van der Waals surface area (Å²) in [5.41, 5.74) is -1.35. The maximum atomic E-state index is 13.6. The summed E-state index contributed by atoms with van der Waals surface area (Å²) in [4.78, 5) is 21.6. The molecule has 0 saturated heterocycles. The first-order chi connectivity index (χ1) is 10.4. The van der Waals surface area contributed by atoms with Crippen LogP contribution in [-0.4, -0.2) is 23.0 Å². The molecule has 1 atom stereocenters. The molecule has 1 aliphatic carbocycles. The van der Waals surface area contributed by atoms with Gasteiger partial charge in [0.2, 0.25) is 0 Å². The maximum Gasteiger partial charge on any atom is 0.272 e. The molecule has 1 unspecified atom stereocenters. The molecule has 0 spiro atoms. The highest BCUT2D eigenvalue weighted by Crippen LogP contribution is 2.39. The lowest BCUT2D eigenvalue weighted by molar-refractivity contribution is -0.385. The molecule has 1 aromatic carbocycles. The summed E-state index contributed by atoms with van der Waals surface area (Å²) in [7, 11) is 0. The first-order valence-corrected chi connectivity index (χ1v) is 6.65. The Hall–Kier alpha value is -2.69. The zero-order valence-corrected chi connectivity index (χ0v) is 11.8. The number of rotatable bonds is 6. The van der Waals surface area contributed by atoms with Crippen molar-refractivity contribution in [3.05, 3.63) is 34.1 Å². The first kappa shape index (κ1) is 15.7. The molecular formula is C14H14FN3O4. The number of nitrogens with one attached hydrogen (secondary N) is 1. The van der Waals surface area contributed by atoms with E-state index in [4.69, 9.17) is 10.00 Å². The fraction of sp³-hybridized carbons (Fsp3) is 0.429. The quantitative estimate of drug-likeness (QED) is 0.638. The van der Waals surface area contributed by atoms with Crippen LogP contribution in [0.3, 0.4) is 0 Å². The highest BCUT2D eigenvalue weighted by molar-refractivity contribution is 5.79. The van der Waals surface area contributed by atoms with Crippen LogP contribution in [0.15, 0.2) is 18.2 Å². The number of carbonyl (C=O) groups excluding carboxylic acids is 1. The highest BCUT2D eigenvalue weighted by atomic mass is 19.1. The van der Waals surface area contributed by atoms with Crippen molar-refractivity contribution in [1.82, 2.24) is 5.32 Å². The Morgan fingerprint density at radius 1 is 1.64 bits per heavy atom. The topological polar surface area (TPSA) is 105 Å². The molecule has 1 amide bonds. The van der Waals surface area contributed by atoms with E-state index in [1.54, 1.807) is 6.92 Å². The van der Waals surface area contributed by atoms with Crippen molar-refractivity contribution in [3.8, 4) is 11.8 Å². The van der Waals surface area contributed by atoms with E-state index in [1.807, 2.05) is 0 Å². The van der Waals surface area contributed by atoms with Crippen molar-refractivity contribution >= 4 is 11.6 Å². The van der Waals surface area contributed by atoms with Gasteiger partial charge < -0.3 is 10.1 Å². The van der Waals surface area contributed by atoms with Gasteiger partial charge in [0.15, 0.2) is 18.2 Å². The maximum absolute atomic E-state index is 13.6. The van der Waals surface area contributed by atoms with Gasteiger partial charge in [0.05, 0.1) is 17.1 Å². The van der Waals surface area contributed by atoms with Gasteiger partial charge in [-0.3, -0.25) is 14.9 Å². The minimum Gasteiger partial charge on any atom is -0.481 e. The van der Waals surface area contributed by atoms with Crippen LogP contribution in [0, 0.1) is 33.2 Å². The van der Waals surface area contributed by atoms with Crippen molar-refractivity contribution < 1.29 is 18.8 Å². The summed E-state index contributed by atoms with van der Waals surface area (Å²) in [6, 6.07) is 4.95. The van der Waals surface area contributed by atoms with E-state index in [0.717, 1.165) is 31.0 Å². The van der Waals surface area contributed by atoms with Gasteiger partial charge in [-0.15, -0.1) is 0 Å². The Morgan fingerprint density at radius 3 is 2.82 bits per heavy atom. The van der Waals surface area contributed by atoms with Crippen LogP contribution >= 0.6 is 0 Å². The minimum absolute atomic E-state index is 0.123. The number of hydrogen-bond acceptors (Lipinski definition) is 5. The van der Waals surface area contributed by atoms with Crippen LogP contribution in [0.2, 0.25) is 0 Å². The SMILES string of the molecule is CC(C#N)(NC(=O)COc1ccc([N+](=O)[O-])cc1F)C1CC1. The summed E-state index contributed by atoms with van der Waals surface area (Å²) < 4.78 is 18.6. The van der Waals surface area contributed by atoms with Gasteiger partial charge in [-0.1, -0.05) is 0 Å². The van der Waals surface area contributed by atoms with Gasteiger partial charge >= 0.3 is 0 Å². The fourth-order valence-corrected chi connectivity index (χ4v) is 2.07. The highest BCUT2D eigenvalue weighted by Gasteiger charge is 2.43. The van der Waals surface area contributed by atoms with Crippen LogP contribution in [0.1, 0.15) is 19.8 Å². The molecule has 0 aliphatic heterocycles. The van der Waals surface area contributed by atoms with Crippen LogP contribution in [0.25, 0.3) is 0 Å². The molecule has 1 fully saturated rings. The molecule has 1 saturated carbocycles. The molecule has 0 heterocycles. The predicted molar refractivity (Wildman–Crippen MR) is 73.4 cm³/mol. The molecule has 2 rings (SSSR count). The van der Waals surface area contributed by atoms with Crippen LogP contribution in [0.5, 0.6) is 5.75 Å². The second-order valence-corrected chi connectivity index (χ2v) is 5.30. The number of ether oxygens (including phenoxy) is 1. The first-order valence-electron chi connectivity index (χ1n) is 6.65. The lowest BCUT2D eigenvalue weighted by Gasteiger charge is -2.22. The standard InChI is InChI=1S/C14H14FN3O4/c1-14(8-16,9-2-3-9)17-13(19)7-22-12-5-4-10(18(20)21)6-11(12)15/h4-6,9H,2-3,7H2,1H3,(H,17,19). The molecule has 8 heteroatoms. The number of amides is 1. The zero-order valence-electron chi connectivity index (χ0n) is 11.8. The smallest absolute Gasteiger partial charge is 0.272 e. The van der Waals surface area contributed by atoms with Crippen molar-refractivity contribution in [2.45, 2.75) is 25.3 Å². The summed E-state index contributed by atoms with van der Waals surface area (Å²) >= 11 is 0. The predicted octanol–water partition coefficient (Wildman–Crippen LogP) is 1.92. The molecule has 1 aliphatic rings. The number of hydrogen-bond donors (Lipinski definition) is 1. The lowest BCUT2D eigenvalue weighted by atomic mass is 9.98. The van der Waals surface area contributed by atoms with E-state index in [0.29, 0.717) is 0 Å². The fourth-order valence-electron chi connectivity index (χ4n) is 2.07. The van der Waals surface area contributed by atoms with Crippen molar-refractivity contribution in [3.63, 3.8) is 0 Å². The van der Waals surface area contributed by atoms with Gasteiger partial charge in [-0.2, -0.15) is 5.26 Å². The van der Waals surface area contributed by atoms with Crippen molar-refractivity contribution in [2.75, 3.05) is 6.61 Å². The van der Waals surface area contributed by atoms with E-state index in [9.17, 15) is 19.3 Å². The van der Waals surface area contributed by atoms with Crippen molar-refractivity contribution in [1.29, 1.82) is 5.26 Å². The van der Waals surface area contributed by atoms with E-state index < -0.39 is 34.5 Å². The normalized spacial score (nSPS) is 16.2. The van der Waals surface area contributed by atoms with Gasteiger partial charge in [-0.25, -0.2) is 4.39 Å². The molecule has 7 nitrogen and oxygen atoms in total. The zero-order chi connectivity index (χ0) is 16.3. The van der Waals surface area contributed by atoms with Gasteiger partial charge in [0, 0.05) is 6.07 Å². The Labute approximate surface area is 125 Å². The molecule has 116 valence electrons. The van der Waals surface area contributed by atoms with Gasteiger partial charge in [0.25, 0.3) is 11.6 Å². The second kappa shape index (κ2) is 5.97. The third kappa shape index (κ3) is 3.49. The average molecular weight is 307 g/mol. The third-order valence-corrected chi connectivity index (χ3v) is 3.51. The Kier molecular flexibility index (Phi) is 4.26. The molecule has 1 aromatic rings. The molecule has 0 bridgehead atoms. The Bertz CT molecular complexity index is 654. The number of nitrogens with zero attached hydrogens (tertiary/aromatic N) is 2. The Balaban J connectivity index is 1.94. The van der Waals surface area contributed by atoms with E-state index >= 15 is 0 Å². The molecule has 0 radical (unpaired) electrons. The number of nitro groups is 1. The summed E-state index contributed by atoms with van der Waals surface area (Å²) in [5, 5.41) is 22.2. The minimum atomic E-state index is -0.950. The van der Waals surface area contributed by atoms with E-state index in [1.165, 1.54) is 0 Å². The molecule has 1 N–H and O–H groups in total. The monoisotopic (exact) mass is 307 g/mol. The summed E-state index contributed by atoms with van der Waals surface area (Å²) in [6.45, 7) is 1.16. The number of benzene rings is 1. The molecule has 22 heavy (non-hydrogen) atoms. The van der Waals surface area contributed by atoms with Crippen LogP contribution in [0.4, 0.5) is 10.1 Å². The lowest BCUT2D eigenvalue weighted by Crippen LogP contribution is -2.48. The van der Waals surface area contributed by atoms with E-state index in [-0.39, 0.29) is 11.7 Å². The number of non-ortho nitro benzene ring substituents is 1. The largest absolute Gasteiger partial charge is 0.481 e. The van der Waals surface area contributed by atoms with Crippen molar-refractivity contribution in [2.24, 2.45) is 5.92 Å². The van der Waals surface area contributed by atoms with Gasteiger partial charge in [0.1, 0.15) is 5.54 Å². The van der Waals surface area contributed by atoms with Crippen LogP contribution in [-0.2, 0) is 4.79 Å². The number of halogens is 1. The number of nitro benzene ring substituents is 1. The average Bonchev–Trinajstić information content (AvgIpc) is 3.30. The summed E-state index contributed by atoms with van der Waals surface area (Å²) in [6.07, 6.45) is 1.75. The third-order valence-electron chi connectivity index (χ3n) is 3.51. The number of carbonyl (C=O) groups is 1. The second-order valence-electron chi connectivity index (χ2n) is 5.30. The number of nitriles is 1. The van der Waals surface area contributed by atoms with E-state index in [2.05, 4.69) is 11.4 Å². The Morgan fingerprint density at radius 2 is 2.32 bits per heavy atom. The van der Waals surface area contributed by atoms with Gasteiger partial charge in [-0.05, 0) is 31.7 Å².